The van der Waals surface area contributed by atoms with Crippen molar-refractivity contribution in [3.05, 3.63) is 53.3 Å². The molecule has 1 amide bonds. The summed E-state index contributed by atoms with van der Waals surface area (Å²) in [6.45, 7) is 6.58. The quantitative estimate of drug-likeness (QED) is 0.607. The molecule has 8 nitrogen and oxygen atoms in total. The molecule has 1 aliphatic rings. The lowest BCUT2D eigenvalue weighted by atomic mass is 10.2. The van der Waals surface area contributed by atoms with Crippen molar-refractivity contribution in [1.82, 2.24) is 25.0 Å². The second kappa shape index (κ2) is 8.16. The zero-order valence-corrected chi connectivity index (χ0v) is 17.0. The van der Waals surface area contributed by atoms with Gasteiger partial charge in [0, 0.05) is 50.1 Å². The van der Waals surface area contributed by atoms with Crippen molar-refractivity contribution >= 4 is 23.3 Å². The number of halogens is 1. The van der Waals surface area contributed by atoms with E-state index in [9.17, 15) is 4.79 Å². The molecule has 0 aromatic carbocycles. The Morgan fingerprint density at radius 1 is 1.14 bits per heavy atom. The van der Waals surface area contributed by atoms with Crippen LogP contribution < -0.4 is 4.90 Å². The Balaban J connectivity index is 1.39. The van der Waals surface area contributed by atoms with E-state index in [0.29, 0.717) is 43.5 Å². The smallest absolute Gasteiger partial charge is 0.257 e. The molecule has 0 spiro atoms. The number of hydrogen-bond acceptors (Lipinski definition) is 7. The van der Waals surface area contributed by atoms with E-state index < -0.39 is 0 Å². The molecule has 0 atom stereocenters. The van der Waals surface area contributed by atoms with Gasteiger partial charge >= 0.3 is 0 Å². The van der Waals surface area contributed by atoms with Crippen LogP contribution in [0.25, 0.3) is 11.4 Å². The molecule has 4 heterocycles. The number of hydrogen-bond donors (Lipinski definition) is 0. The summed E-state index contributed by atoms with van der Waals surface area (Å²) >= 11 is 6.05. The van der Waals surface area contributed by atoms with Gasteiger partial charge in [-0.3, -0.25) is 4.79 Å². The van der Waals surface area contributed by atoms with Gasteiger partial charge in [-0.15, -0.1) is 0 Å². The van der Waals surface area contributed by atoms with Gasteiger partial charge in [0.25, 0.3) is 5.91 Å². The van der Waals surface area contributed by atoms with Gasteiger partial charge in [0.1, 0.15) is 11.0 Å². The molecule has 4 rings (SSSR count). The molecule has 29 heavy (non-hydrogen) atoms. The van der Waals surface area contributed by atoms with Crippen LogP contribution in [0.1, 0.15) is 36.0 Å². The van der Waals surface area contributed by atoms with E-state index in [1.807, 2.05) is 26.0 Å². The average Bonchev–Trinajstić information content (AvgIpc) is 3.25. The lowest BCUT2D eigenvalue weighted by molar-refractivity contribution is 0.0746. The molecule has 0 N–H and O–H groups in total. The molecule has 9 heteroatoms. The van der Waals surface area contributed by atoms with E-state index >= 15 is 0 Å². The molecule has 3 aromatic heterocycles. The van der Waals surface area contributed by atoms with Crippen molar-refractivity contribution in [3.8, 4) is 11.4 Å². The summed E-state index contributed by atoms with van der Waals surface area (Å²) < 4.78 is 5.26. The fourth-order valence-electron chi connectivity index (χ4n) is 3.15. The highest BCUT2D eigenvalue weighted by Gasteiger charge is 2.24. The molecule has 0 unspecified atom stereocenters. The average molecular weight is 413 g/mol. The van der Waals surface area contributed by atoms with Crippen molar-refractivity contribution < 1.29 is 9.32 Å². The van der Waals surface area contributed by atoms with Gasteiger partial charge in [0.05, 0.1) is 5.56 Å². The summed E-state index contributed by atoms with van der Waals surface area (Å²) in [5, 5.41) is 4.25. The first-order chi connectivity index (χ1) is 14.0. The van der Waals surface area contributed by atoms with Gasteiger partial charge in [-0.1, -0.05) is 30.6 Å². The zero-order chi connectivity index (χ0) is 20.4. The van der Waals surface area contributed by atoms with E-state index in [1.54, 1.807) is 29.4 Å². The Bertz CT molecular complexity index is 996. The molecule has 0 saturated carbocycles. The summed E-state index contributed by atoms with van der Waals surface area (Å²) in [4.78, 5) is 29.5. The van der Waals surface area contributed by atoms with E-state index in [-0.39, 0.29) is 17.0 Å². The van der Waals surface area contributed by atoms with Crippen LogP contribution in [0.2, 0.25) is 5.15 Å². The van der Waals surface area contributed by atoms with E-state index in [0.717, 1.165) is 11.4 Å². The molecule has 1 saturated heterocycles. The maximum Gasteiger partial charge on any atom is 0.257 e. The van der Waals surface area contributed by atoms with Crippen LogP contribution >= 0.6 is 11.6 Å². The Morgan fingerprint density at radius 3 is 2.55 bits per heavy atom. The first kappa shape index (κ1) is 19.3. The highest BCUT2D eigenvalue weighted by atomic mass is 35.5. The Morgan fingerprint density at radius 2 is 1.93 bits per heavy atom. The van der Waals surface area contributed by atoms with Crippen LogP contribution in [0.3, 0.4) is 0 Å². The maximum atomic E-state index is 12.7. The fraction of sp³-hybridized carbons (Fsp3) is 0.350. The first-order valence-electron chi connectivity index (χ1n) is 9.47. The van der Waals surface area contributed by atoms with Crippen LogP contribution in [-0.4, -0.2) is 57.1 Å². The standard InChI is InChI=1S/C20H21ClN6O2/c1-13(2)19-24-18(25-29-19)14-5-6-16(23-12-14)26-8-10-27(11-9-26)20(28)15-4-3-7-22-17(15)21/h3-7,12-13H,8-11H2,1-2H3. The number of anilines is 1. The van der Waals surface area contributed by atoms with Gasteiger partial charge in [-0.05, 0) is 24.3 Å². The topological polar surface area (TPSA) is 88.3 Å². The minimum atomic E-state index is -0.0934. The predicted octanol–water partition coefficient (Wildman–Crippen LogP) is 3.27. The van der Waals surface area contributed by atoms with Crippen molar-refractivity contribution in [1.29, 1.82) is 0 Å². The van der Waals surface area contributed by atoms with Gasteiger partial charge in [-0.2, -0.15) is 4.98 Å². The van der Waals surface area contributed by atoms with Gasteiger partial charge in [0.2, 0.25) is 11.7 Å². The number of aromatic nitrogens is 4. The molecule has 0 bridgehead atoms. The highest BCUT2D eigenvalue weighted by Crippen LogP contribution is 2.22. The van der Waals surface area contributed by atoms with Crippen molar-refractivity contribution in [3.63, 3.8) is 0 Å². The van der Waals surface area contributed by atoms with Crippen LogP contribution in [0.5, 0.6) is 0 Å². The number of amides is 1. The minimum absolute atomic E-state index is 0.0934. The molecule has 150 valence electrons. The number of piperazine rings is 1. The lowest BCUT2D eigenvalue weighted by Gasteiger charge is -2.35. The van der Waals surface area contributed by atoms with E-state index in [4.69, 9.17) is 16.1 Å². The second-order valence-electron chi connectivity index (χ2n) is 7.14. The number of pyridine rings is 2. The molecule has 1 aliphatic heterocycles. The predicted molar refractivity (Wildman–Crippen MR) is 109 cm³/mol. The van der Waals surface area contributed by atoms with E-state index in [2.05, 4.69) is 25.0 Å². The van der Waals surface area contributed by atoms with Gasteiger partial charge in [-0.25, -0.2) is 9.97 Å². The Labute approximate surface area is 173 Å². The van der Waals surface area contributed by atoms with Crippen LogP contribution in [0.4, 0.5) is 5.82 Å². The Kier molecular flexibility index (Phi) is 5.44. The third kappa shape index (κ3) is 4.07. The summed E-state index contributed by atoms with van der Waals surface area (Å²) in [5.74, 6) is 2.09. The summed E-state index contributed by atoms with van der Waals surface area (Å²) in [6.07, 6.45) is 3.32. The third-order valence-corrected chi connectivity index (χ3v) is 5.12. The van der Waals surface area contributed by atoms with Crippen LogP contribution in [0.15, 0.2) is 41.2 Å². The van der Waals surface area contributed by atoms with Crippen LogP contribution in [0, 0.1) is 0 Å². The second-order valence-corrected chi connectivity index (χ2v) is 7.50. The largest absolute Gasteiger partial charge is 0.353 e. The van der Waals surface area contributed by atoms with Gasteiger partial charge < -0.3 is 14.3 Å². The first-order valence-corrected chi connectivity index (χ1v) is 9.85. The SMILES string of the molecule is CC(C)c1nc(-c2ccc(N3CCN(C(=O)c4cccnc4Cl)CC3)nc2)no1. The molecular weight excluding hydrogens is 392 g/mol. The number of nitrogens with zero attached hydrogens (tertiary/aromatic N) is 6. The minimum Gasteiger partial charge on any atom is -0.353 e. The van der Waals surface area contributed by atoms with Gasteiger partial charge in [0.15, 0.2) is 0 Å². The summed E-state index contributed by atoms with van der Waals surface area (Å²) in [6, 6.07) is 7.29. The number of carbonyl (C=O) groups is 1. The van der Waals surface area contributed by atoms with Crippen molar-refractivity contribution in [2.45, 2.75) is 19.8 Å². The lowest BCUT2D eigenvalue weighted by Crippen LogP contribution is -2.49. The van der Waals surface area contributed by atoms with E-state index in [1.165, 1.54) is 0 Å². The molecule has 1 fully saturated rings. The Hall–Kier alpha value is -3.00. The normalized spacial score (nSPS) is 14.5. The molecular formula is C20H21ClN6O2. The molecule has 0 radical (unpaired) electrons. The zero-order valence-electron chi connectivity index (χ0n) is 16.2. The van der Waals surface area contributed by atoms with Crippen LogP contribution in [-0.2, 0) is 0 Å². The number of carbonyl (C=O) groups excluding carboxylic acids is 1. The molecule has 0 aliphatic carbocycles. The molecule has 3 aromatic rings. The van der Waals surface area contributed by atoms with Crippen molar-refractivity contribution in [2.75, 3.05) is 31.1 Å². The maximum absolute atomic E-state index is 12.7. The fourth-order valence-corrected chi connectivity index (χ4v) is 3.35. The summed E-state index contributed by atoms with van der Waals surface area (Å²) in [7, 11) is 0. The monoisotopic (exact) mass is 412 g/mol. The summed E-state index contributed by atoms with van der Waals surface area (Å²) in [5.41, 5.74) is 1.25. The third-order valence-electron chi connectivity index (χ3n) is 4.82. The number of rotatable bonds is 4. The highest BCUT2D eigenvalue weighted by molar-refractivity contribution is 6.32. The van der Waals surface area contributed by atoms with Crippen molar-refractivity contribution in [2.24, 2.45) is 0 Å².